The molecule has 1 aliphatic heterocycles. The van der Waals surface area contributed by atoms with Crippen LogP contribution in [-0.4, -0.2) is 37.0 Å². The van der Waals surface area contributed by atoms with Gasteiger partial charge in [-0.1, -0.05) is 48.0 Å². The number of para-hydroxylation sites is 1. The van der Waals surface area contributed by atoms with Gasteiger partial charge < -0.3 is 10.1 Å². The van der Waals surface area contributed by atoms with Crippen molar-refractivity contribution in [2.45, 2.75) is 26.3 Å². The Morgan fingerprint density at radius 1 is 1.08 bits per heavy atom. The van der Waals surface area contributed by atoms with Crippen molar-refractivity contribution in [2.75, 3.05) is 26.2 Å². The number of carbonyl (C=O) groups excluding carboxylic acids is 1. The first kappa shape index (κ1) is 18.5. The van der Waals surface area contributed by atoms with Gasteiger partial charge in [0.25, 0.3) is 0 Å². The molecule has 1 amide bonds. The number of nitrogens with one attached hydrogen (secondary N) is 1. The van der Waals surface area contributed by atoms with Crippen molar-refractivity contribution in [3.8, 4) is 5.75 Å². The highest BCUT2D eigenvalue weighted by atomic mass is 16.5. The summed E-state index contributed by atoms with van der Waals surface area (Å²) in [6.07, 6.45) is 1.86. The van der Waals surface area contributed by atoms with E-state index in [0.29, 0.717) is 13.2 Å². The van der Waals surface area contributed by atoms with Crippen LogP contribution in [-0.2, 0) is 11.3 Å². The number of ether oxygens (including phenoxy) is 1. The van der Waals surface area contributed by atoms with Gasteiger partial charge in [-0.3, -0.25) is 9.69 Å². The summed E-state index contributed by atoms with van der Waals surface area (Å²) in [5, 5.41) is 3.01. The number of nitrogens with zero attached hydrogens (tertiary/aromatic N) is 1. The molecule has 0 aromatic heterocycles. The van der Waals surface area contributed by atoms with Gasteiger partial charge in [-0.05, 0) is 50.6 Å². The molecule has 0 saturated carbocycles. The van der Waals surface area contributed by atoms with Crippen LogP contribution in [0.2, 0.25) is 0 Å². The van der Waals surface area contributed by atoms with E-state index in [1.807, 2.05) is 30.3 Å². The number of benzene rings is 2. The van der Waals surface area contributed by atoms with Crippen LogP contribution in [0.4, 0.5) is 0 Å². The van der Waals surface area contributed by atoms with E-state index in [4.69, 9.17) is 4.74 Å². The topological polar surface area (TPSA) is 41.6 Å². The standard InChI is InChI=1S/C22H28N2O2/c1-18-7-9-19(10-8-18)17-24-14-11-20(12-15-24)22(25)23-13-16-26-21-5-3-2-4-6-21/h2-10,20H,11-17H2,1H3,(H,23,25). The van der Waals surface area contributed by atoms with Gasteiger partial charge in [0.2, 0.25) is 5.91 Å². The minimum atomic E-state index is 0.126. The summed E-state index contributed by atoms with van der Waals surface area (Å²) >= 11 is 0. The van der Waals surface area contributed by atoms with Gasteiger partial charge in [-0.2, -0.15) is 0 Å². The normalized spacial score (nSPS) is 15.6. The van der Waals surface area contributed by atoms with E-state index in [1.54, 1.807) is 0 Å². The zero-order chi connectivity index (χ0) is 18.2. The third-order valence-corrected chi connectivity index (χ3v) is 4.90. The SMILES string of the molecule is Cc1ccc(CN2CCC(C(=O)NCCOc3ccccc3)CC2)cc1. The molecule has 1 saturated heterocycles. The number of aryl methyl sites for hydroxylation is 1. The van der Waals surface area contributed by atoms with Gasteiger partial charge in [0.15, 0.2) is 0 Å². The number of likely N-dealkylation sites (tertiary alicyclic amines) is 1. The fourth-order valence-electron chi connectivity index (χ4n) is 3.31. The Kier molecular flexibility index (Phi) is 6.67. The Labute approximate surface area is 156 Å². The minimum Gasteiger partial charge on any atom is -0.492 e. The average molecular weight is 352 g/mol. The summed E-state index contributed by atoms with van der Waals surface area (Å²) in [6.45, 7) is 6.09. The lowest BCUT2D eigenvalue weighted by atomic mass is 9.95. The number of hydrogen-bond acceptors (Lipinski definition) is 3. The molecule has 1 N–H and O–H groups in total. The predicted octanol–water partition coefficient (Wildman–Crippen LogP) is 3.40. The molecule has 3 rings (SSSR count). The summed E-state index contributed by atoms with van der Waals surface area (Å²) in [5.74, 6) is 1.13. The first-order valence-electron chi connectivity index (χ1n) is 9.44. The summed E-state index contributed by atoms with van der Waals surface area (Å²) in [5.41, 5.74) is 2.64. The number of amides is 1. The van der Waals surface area contributed by atoms with Gasteiger partial charge >= 0.3 is 0 Å². The number of piperidine rings is 1. The molecule has 2 aromatic carbocycles. The zero-order valence-electron chi connectivity index (χ0n) is 15.5. The van der Waals surface area contributed by atoms with Crippen LogP contribution in [0.25, 0.3) is 0 Å². The molecule has 2 aromatic rings. The Bertz CT molecular complexity index is 677. The van der Waals surface area contributed by atoms with Crippen molar-refractivity contribution in [2.24, 2.45) is 5.92 Å². The van der Waals surface area contributed by atoms with Gasteiger partial charge in [0.05, 0.1) is 6.54 Å². The second-order valence-electron chi connectivity index (χ2n) is 6.99. The molecule has 0 atom stereocenters. The summed E-state index contributed by atoms with van der Waals surface area (Å²) in [6, 6.07) is 18.4. The second-order valence-corrected chi connectivity index (χ2v) is 6.99. The number of rotatable bonds is 7. The van der Waals surface area contributed by atoms with Crippen molar-refractivity contribution in [1.82, 2.24) is 10.2 Å². The molecule has 0 bridgehead atoms. The van der Waals surface area contributed by atoms with Crippen LogP contribution in [0.15, 0.2) is 54.6 Å². The smallest absolute Gasteiger partial charge is 0.223 e. The van der Waals surface area contributed by atoms with Gasteiger partial charge in [-0.25, -0.2) is 0 Å². The Balaban J connectivity index is 1.33. The van der Waals surface area contributed by atoms with Crippen molar-refractivity contribution in [3.05, 3.63) is 65.7 Å². The van der Waals surface area contributed by atoms with Crippen LogP contribution in [0, 0.1) is 12.8 Å². The molecule has 0 aliphatic carbocycles. The lowest BCUT2D eigenvalue weighted by molar-refractivity contribution is -0.126. The van der Waals surface area contributed by atoms with Crippen LogP contribution in [0.5, 0.6) is 5.75 Å². The monoisotopic (exact) mass is 352 g/mol. The Morgan fingerprint density at radius 3 is 2.46 bits per heavy atom. The average Bonchev–Trinajstić information content (AvgIpc) is 2.68. The lowest BCUT2D eigenvalue weighted by Crippen LogP contribution is -2.41. The highest BCUT2D eigenvalue weighted by Crippen LogP contribution is 2.19. The second kappa shape index (κ2) is 9.39. The summed E-state index contributed by atoms with van der Waals surface area (Å²) < 4.78 is 5.61. The third kappa shape index (κ3) is 5.60. The van der Waals surface area contributed by atoms with Crippen LogP contribution in [0.3, 0.4) is 0 Å². The van der Waals surface area contributed by atoms with E-state index < -0.39 is 0 Å². The maximum absolute atomic E-state index is 12.3. The maximum Gasteiger partial charge on any atom is 0.223 e. The molecular weight excluding hydrogens is 324 g/mol. The van der Waals surface area contributed by atoms with E-state index >= 15 is 0 Å². The van der Waals surface area contributed by atoms with Crippen molar-refractivity contribution < 1.29 is 9.53 Å². The van der Waals surface area contributed by atoms with E-state index in [0.717, 1.165) is 38.2 Å². The van der Waals surface area contributed by atoms with Gasteiger partial charge in [-0.15, -0.1) is 0 Å². The van der Waals surface area contributed by atoms with Gasteiger partial charge in [0.1, 0.15) is 12.4 Å². The predicted molar refractivity (Wildman–Crippen MR) is 104 cm³/mol. The first-order chi connectivity index (χ1) is 12.7. The van der Waals surface area contributed by atoms with E-state index in [1.165, 1.54) is 11.1 Å². The molecule has 0 spiro atoms. The first-order valence-corrected chi connectivity index (χ1v) is 9.44. The molecule has 26 heavy (non-hydrogen) atoms. The molecule has 4 heteroatoms. The number of carbonyl (C=O) groups is 1. The fourth-order valence-corrected chi connectivity index (χ4v) is 3.31. The van der Waals surface area contributed by atoms with Crippen molar-refractivity contribution >= 4 is 5.91 Å². The zero-order valence-corrected chi connectivity index (χ0v) is 15.5. The Hall–Kier alpha value is -2.33. The molecule has 1 fully saturated rings. The molecular formula is C22H28N2O2. The molecule has 138 valence electrons. The molecule has 1 aliphatic rings. The maximum atomic E-state index is 12.3. The van der Waals surface area contributed by atoms with E-state index in [-0.39, 0.29) is 11.8 Å². The highest BCUT2D eigenvalue weighted by molar-refractivity contribution is 5.78. The van der Waals surface area contributed by atoms with Crippen molar-refractivity contribution in [3.63, 3.8) is 0 Å². The van der Waals surface area contributed by atoms with E-state index in [9.17, 15) is 4.79 Å². The molecule has 0 radical (unpaired) electrons. The quantitative estimate of drug-likeness (QED) is 0.777. The van der Waals surface area contributed by atoms with Gasteiger partial charge in [0, 0.05) is 12.5 Å². The van der Waals surface area contributed by atoms with E-state index in [2.05, 4.69) is 41.4 Å². The largest absolute Gasteiger partial charge is 0.492 e. The minimum absolute atomic E-state index is 0.126. The summed E-state index contributed by atoms with van der Waals surface area (Å²) in [4.78, 5) is 14.8. The Morgan fingerprint density at radius 2 is 1.77 bits per heavy atom. The summed E-state index contributed by atoms with van der Waals surface area (Å²) in [7, 11) is 0. The number of hydrogen-bond donors (Lipinski definition) is 1. The van der Waals surface area contributed by atoms with Crippen molar-refractivity contribution in [1.29, 1.82) is 0 Å². The fraction of sp³-hybridized carbons (Fsp3) is 0.409. The van der Waals surface area contributed by atoms with Crippen LogP contribution < -0.4 is 10.1 Å². The molecule has 1 heterocycles. The third-order valence-electron chi connectivity index (χ3n) is 4.90. The lowest BCUT2D eigenvalue weighted by Gasteiger charge is -2.31. The van der Waals surface area contributed by atoms with Crippen LogP contribution >= 0.6 is 0 Å². The molecule has 4 nitrogen and oxygen atoms in total. The van der Waals surface area contributed by atoms with Crippen LogP contribution in [0.1, 0.15) is 24.0 Å². The molecule has 0 unspecified atom stereocenters. The highest BCUT2D eigenvalue weighted by Gasteiger charge is 2.24.